The fourth-order valence-corrected chi connectivity index (χ4v) is 2.82. The highest BCUT2D eigenvalue weighted by atomic mass is 15.0. The molecule has 1 N–H and O–H groups in total. The summed E-state index contributed by atoms with van der Waals surface area (Å²) in [6.45, 7) is 9.05. The van der Waals surface area contributed by atoms with Crippen LogP contribution in [-0.2, 0) is 5.41 Å². The van der Waals surface area contributed by atoms with Crippen LogP contribution >= 0.6 is 0 Å². The average Bonchev–Trinajstić information content (AvgIpc) is 2.55. The first-order chi connectivity index (χ1) is 8.97. The van der Waals surface area contributed by atoms with Gasteiger partial charge in [-0.05, 0) is 35.8 Å². The zero-order valence-electron chi connectivity index (χ0n) is 12.9. The molecule has 2 nitrogen and oxygen atoms in total. The van der Waals surface area contributed by atoms with Gasteiger partial charge in [-0.2, -0.15) is 0 Å². The maximum Gasteiger partial charge on any atom is 0.126 e. The molecule has 2 atom stereocenters. The quantitative estimate of drug-likeness (QED) is 0.775. The van der Waals surface area contributed by atoms with Crippen molar-refractivity contribution in [1.29, 1.82) is 0 Å². The van der Waals surface area contributed by atoms with Crippen LogP contribution in [0.3, 0.4) is 0 Å². The van der Waals surface area contributed by atoms with Crippen molar-refractivity contribution in [2.24, 2.45) is 5.92 Å². The van der Waals surface area contributed by atoms with Gasteiger partial charge < -0.3 is 5.32 Å². The van der Waals surface area contributed by atoms with Gasteiger partial charge in [-0.25, -0.2) is 4.98 Å². The lowest BCUT2D eigenvalue weighted by atomic mass is 9.88. The van der Waals surface area contributed by atoms with Gasteiger partial charge >= 0.3 is 0 Å². The first-order valence-corrected chi connectivity index (χ1v) is 7.70. The molecule has 1 aromatic heterocycles. The van der Waals surface area contributed by atoms with Gasteiger partial charge in [0.05, 0.1) is 0 Å². The van der Waals surface area contributed by atoms with E-state index in [0.717, 1.165) is 11.7 Å². The minimum atomic E-state index is 0.182. The summed E-state index contributed by atoms with van der Waals surface area (Å²) in [5.41, 5.74) is 1.48. The smallest absolute Gasteiger partial charge is 0.126 e. The van der Waals surface area contributed by atoms with Gasteiger partial charge in [0.2, 0.25) is 0 Å². The van der Waals surface area contributed by atoms with Crippen molar-refractivity contribution in [3.8, 4) is 0 Å². The lowest BCUT2D eigenvalue weighted by Crippen LogP contribution is -2.26. The van der Waals surface area contributed by atoms with Crippen molar-refractivity contribution in [2.45, 2.75) is 71.3 Å². The van der Waals surface area contributed by atoms with Gasteiger partial charge in [0, 0.05) is 12.2 Å². The number of pyridine rings is 1. The standard InChI is InChI=1S/C17H28N2/c1-13-8-6-5-7-9-15(13)19-16-11-10-14(12-18-16)17(2,3)4/h10-13,15H,5-9H2,1-4H3,(H,18,19). The van der Waals surface area contributed by atoms with Gasteiger partial charge in [-0.15, -0.1) is 0 Å². The van der Waals surface area contributed by atoms with Gasteiger partial charge in [0.25, 0.3) is 0 Å². The van der Waals surface area contributed by atoms with Gasteiger partial charge in [-0.1, -0.05) is 53.0 Å². The molecule has 1 heterocycles. The second-order valence-electron chi connectivity index (χ2n) is 7.05. The monoisotopic (exact) mass is 260 g/mol. The van der Waals surface area contributed by atoms with Crippen LogP contribution in [0, 0.1) is 5.92 Å². The third-order valence-electron chi connectivity index (χ3n) is 4.32. The summed E-state index contributed by atoms with van der Waals surface area (Å²) in [6, 6.07) is 4.94. The molecule has 1 aliphatic carbocycles. The van der Waals surface area contributed by atoms with Gasteiger partial charge in [0.15, 0.2) is 0 Å². The minimum absolute atomic E-state index is 0.182. The van der Waals surface area contributed by atoms with E-state index in [9.17, 15) is 0 Å². The van der Waals surface area contributed by atoms with E-state index in [4.69, 9.17) is 0 Å². The van der Waals surface area contributed by atoms with Gasteiger partial charge in [0.1, 0.15) is 5.82 Å². The molecule has 0 saturated heterocycles. The first kappa shape index (κ1) is 14.4. The highest BCUT2D eigenvalue weighted by molar-refractivity contribution is 5.38. The number of nitrogens with one attached hydrogen (secondary N) is 1. The molecule has 0 aliphatic heterocycles. The molecule has 0 bridgehead atoms. The molecule has 106 valence electrons. The predicted octanol–water partition coefficient (Wildman–Crippen LogP) is 4.76. The van der Waals surface area contributed by atoms with Gasteiger partial charge in [-0.3, -0.25) is 0 Å². The number of nitrogens with zero attached hydrogens (tertiary/aromatic N) is 1. The zero-order valence-corrected chi connectivity index (χ0v) is 12.9. The Labute approximate surface area is 118 Å². The van der Waals surface area contributed by atoms with Crippen LogP contribution in [0.25, 0.3) is 0 Å². The summed E-state index contributed by atoms with van der Waals surface area (Å²) in [6.07, 6.45) is 8.77. The molecule has 1 saturated carbocycles. The van der Waals surface area contributed by atoms with E-state index in [1.165, 1.54) is 37.7 Å². The van der Waals surface area contributed by atoms with Crippen LogP contribution in [0.2, 0.25) is 0 Å². The zero-order chi connectivity index (χ0) is 13.9. The molecular formula is C17H28N2. The molecule has 0 amide bonds. The predicted molar refractivity (Wildman–Crippen MR) is 82.6 cm³/mol. The van der Waals surface area contributed by atoms with E-state index < -0.39 is 0 Å². The topological polar surface area (TPSA) is 24.9 Å². The highest BCUT2D eigenvalue weighted by Gasteiger charge is 2.20. The van der Waals surface area contributed by atoms with Crippen molar-refractivity contribution in [3.05, 3.63) is 23.9 Å². The highest BCUT2D eigenvalue weighted by Crippen LogP contribution is 2.26. The average molecular weight is 260 g/mol. The fourth-order valence-electron chi connectivity index (χ4n) is 2.82. The Morgan fingerprint density at radius 2 is 1.84 bits per heavy atom. The first-order valence-electron chi connectivity index (χ1n) is 7.70. The third kappa shape index (κ3) is 3.95. The van der Waals surface area contributed by atoms with Crippen LogP contribution in [0.15, 0.2) is 18.3 Å². The maximum atomic E-state index is 4.59. The Bertz CT molecular complexity index is 389. The Balaban J connectivity index is 2.02. The summed E-state index contributed by atoms with van der Waals surface area (Å²) >= 11 is 0. The van der Waals surface area contributed by atoms with E-state index in [1.807, 2.05) is 6.20 Å². The van der Waals surface area contributed by atoms with E-state index in [2.05, 4.69) is 50.1 Å². The number of hydrogen-bond acceptors (Lipinski definition) is 2. The molecule has 19 heavy (non-hydrogen) atoms. The van der Waals surface area contributed by atoms with Crippen molar-refractivity contribution in [1.82, 2.24) is 4.98 Å². The van der Waals surface area contributed by atoms with E-state index in [0.29, 0.717) is 6.04 Å². The summed E-state index contributed by atoms with van der Waals surface area (Å²) in [5, 5.41) is 3.64. The Morgan fingerprint density at radius 1 is 1.11 bits per heavy atom. The summed E-state index contributed by atoms with van der Waals surface area (Å²) < 4.78 is 0. The normalized spacial score (nSPS) is 24.8. The summed E-state index contributed by atoms with van der Waals surface area (Å²) in [4.78, 5) is 4.59. The molecule has 2 rings (SSSR count). The van der Waals surface area contributed by atoms with E-state index in [1.54, 1.807) is 0 Å². The third-order valence-corrected chi connectivity index (χ3v) is 4.32. The molecule has 1 aliphatic rings. The maximum absolute atomic E-state index is 4.59. The van der Waals surface area contributed by atoms with Crippen molar-refractivity contribution in [2.75, 3.05) is 5.32 Å². The van der Waals surface area contributed by atoms with Crippen LogP contribution < -0.4 is 5.32 Å². The van der Waals surface area contributed by atoms with Crippen LogP contribution in [-0.4, -0.2) is 11.0 Å². The second kappa shape index (κ2) is 5.94. The number of aromatic nitrogens is 1. The summed E-state index contributed by atoms with van der Waals surface area (Å²) in [7, 11) is 0. The number of rotatable bonds is 2. The lowest BCUT2D eigenvalue weighted by Gasteiger charge is -2.24. The molecule has 0 spiro atoms. The molecule has 1 fully saturated rings. The van der Waals surface area contributed by atoms with E-state index >= 15 is 0 Å². The van der Waals surface area contributed by atoms with Crippen LogP contribution in [0.4, 0.5) is 5.82 Å². The Kier molecular flexibility index (Phi) is 4.49. The number of anilines is 1. The van der Waals surface area contributed by atoms with Crippen molar-refractivity contribution in [3.63, 3.8) is 0 Å². The lowest BCUT2D eigenvalue weighted by molar-refractivity contribution is 0.455. The Morgan fingerprint density at radius 3 is 2.47 bits per heavy atom. The molecule has 2 heteroatoms. The molecule has 0 aromatic carbocycles. The SMILES string of the molecule is CC1CCCCCC1Nc1ccc(C(C)(C)C)cn1. The molecule has 0 radical (unpaired) electrons. The molecule has 1 aromatic rings. The Hall–Kier alpha value is -1.05. The van der Waals surface area contributed by atoms with Crippen molar-refractivity contribution >= 4 is 5.82 Å². The molecule has 2 unspecified atom stereocenters. The molecular weight excluding hydrogens is 232 g/mol. The number of hydrogen-bond donors (Lipinski definition) is 1. The largest absolute Gasteiger partial charge is 0.367 e. The van der Waals surface area contributed by atoms with Crippen LogP contribution in [0.1, 0.15) is 65.4 Å². The second-order valence-corrected chi connectivity index (χ2v) is 7.05. The van der Waals surface area contributed by atoms with E-state index in [-0.39, 0.29) is 5.41 Å². The summed E-state index contributed by atoms with van der Waals surface area (Å²) in [5.74, 6) is 1.79. The minimum Gasteiger partial charge on any atom is -0.367 e. The fraction of sp³-hybridized carbons (Fsp3) is 0.706. The van der Waals surface area contributed by atoms with Crippen LogP contribution in [0.5, 0.6) is 0 Å². The van der Waals surface area contributed by atoms with Crippen molar-refractivity contribution < 1.29 is 0 Å².